The summed E-state index contributed by atoms with van der Waals surface area (Å²) in [4.78, 5) is 28.6. The number of nitrogens with one attached hydrogen (secondary N) is 1. The van der Waals surface area contributed by atoms with Gasteiger partial charge in [-0.25, -0.2) is 0 Å². The number of anilines is 1. The molecule has 0 aromatic heterocycles. The molecule has 1 N–H and O–H groups in total. The number of ether oxygens (including phenoxy) is 5. The molecule has 2 aliphatic rings. The van der Waals surface area contributed by atoms with Crippen molar-refractivity contribution in [2.24, 2.45) is 5.92 Å². The average molecular weight is 499 g/mol. The molecule has 9 nitrogen and oxygen atoms in total. The lowest BCUT2D eigenvalue weighted by Gasteiger charge is -2.41. The van der Waals surface area contributed by atoms with Gasteiger partial charge in [-0.1, -0.05) is 12.1 Å². The van der Waals surface area contributed by atoms with E-state index in [0.29, 0.717) is 41.7 Å². The van der Waals surface area contributed by atoms with Gasteiger partial charge in [0.1, 0.15) is 5.75 Å². The van der Waals surface area contributed by atoms with Crippen LogP contribution in [0.2, 0.25) is 0 Å². The van der Waals surface area contributed by atoms with Crippen molar-refractivity contribution in [3.63, 3.8) is 0 Å². The third-order valence-corrected chi connectivity index (χ3v) is 6.85. The molecule has 0 saturated carbocycles. The van der Waals surface area contributed by atoms with Crippen molar-refractivity contribution in [2.75, 3.05) is 46.5 Å². The zero-order valence-corrected chi connectivity index (χ0v) is 21.2. The van der Waals surface area contributed by atoms with Gasteiger partial charge in [0.2, 0.25) is 17.6 Å². The highest BCUT2D eigenvalue weighted by Gasteiger charge is 2.42. The average Bonchev–Trinajstić information content (AvgIpc) is 3.44. The number of hydrogen-bond acceptors (Lipinski definition) is 7. The molecule has 2 aromatic carbocycles. The summed E-state index contributed by atoms with van der Waals surface area (Å²) in [6, 6.07) is 10.4. The highest BCUT2D eigenvalue weighted by atomic mass is 16.5. The van der Waals surface area contributed by atoms with Crippen molar-refractivity contribution in [2.45, 2.75) is 37.8 Å². The number of amides is 2. The van der Waals surface area contributed by atoms with Crippen LogP contribution in [0.15, 0.2) is 36.4 Å². The standard InChI is InChI=1S/C27H34N2O7/c1-32-19-9-7-17(8-10-19)25-21(27(31)28-16-20-6-5-13-36-20)11-12-24(30)29(25)18-14-22(33-2)26(35-4)23(15-18)34-3/h7-10,14-15,20-21,25H,5-6,11-13,16H2,1-4H3,(H,28,31)/t20-,21+,25-/m1/s1. The highest BCUT2D eigenvalue weighted by molar-refractivity contribution is 5.98. The molecule has 2 fully saturated rings. The maximum Gasteiger partial charge on any atom is 0.227 e. The van der Waals surface area contributed by atoms with Gasteiger partial charge in [0, 0.05) is 31.7 Å². The molecule has 3 atom stereocenters. The summed E-state index contributed by atoms with van der Waals surface area (Å²) in [5, 5.41) is 3.07. The monoisotopic (exact) mass is 498 g/mol. The SMILES string of the molecule is COc1ccc([C@@H]2[C@@H](C(=O)NC[C@H]3CCCO3)CCC(=O)N2c2cc(OC)c(OC)c(OC)c2)cc1. The molecule has 2 amide bonds. The summed E-state index contributed by atoms with van der Waals surface area (Å²) in [6.45, 7) is 1.19. The zero-order valence-electron chi connectivity index (χ0n) is 21.2. The number of carbonyl (C=O) groups excluding carboxylic acids is 2. The summed E-state index contributed by atoms with van der Waals surface area (Å²) < 4.78 is 27.5. The molecule has 194 valence electrons. The van der Waals surface area contributed by atoms with Crippen LogP contribution in [0.3, 0.4) is 0 Å². The second kappa shape index (κ2) is 11.5. The Kier molecular flexibility index (Phi) is 8.20. The van der Waals surface area contributed by atoms with Crippen LogP contribution in [0.1, 0.15) is 37.3 Å². The zero-order chi connectivity index (χ0) is 25.7. The fourth-order valence-electron chi connectivity index (χ4n) is 5.01. The van der Waals surface area contributed by atoms with Crippen LogP contribution in [0.5, 0.6) is 23.0 Å². The Labute approximate surface area is 211 Å². The van der Waals surface area contributed by atoms with Gasteiger partial charge in [-0.3, -0.25) is 9.59 Å². The van der Waals surface area contributed by atoms with E-state index in [0.717, 1.165) is 25.0 Å². The minimum Gasteiger partial charge on any atom is -0.497 e. The molecule has 4 rings (SSSR count). The first kappa shape index (κ1) is 25.6. The number of piperidine rings is 1. The first-order chi connectivity index (χ1) is 17.5. The van der Waals surface area contributed by atoms with E-state index < -0.39 is 12.0 Å². The lowest BCUT2D eigenvalue weighted by Crippen LogP contribution is -2.49. The molecular formula is C27H34N2O7. The Morgan fingerprint density at radius 3 is 2.25 bits per heavy atom. The molecule has 0 spiro atoms. The molecule has 9 heteroatoms. The topological polar surface area (TPSA) is 95.6 Å². The van der Waals surface area contributed by atoms with Crippen LogP contribution in [-0.4, -0.2) is 59.5 Å². The van der Waals surface area contributed by atoms with Gasteiger partial charge in [-0.15, -0.1) is 0 Å². The summed E-state index contributed by atoms with van der Waals surface area (Å²) in [5.74, 6) is 1.33. The molecule has 0 radical (unpaired) electrons. The first-order valence-electron chi connectivity index (χ1n) is 12.2. The predicted molar refractivity (Wildman–Crippen MR) is 134 cm³/mol. The van der Waals surface area contributed by atoms with Crippen molar-refractivity contribution in [1.82, 2.24) is 5.32 Å². The number of benzene rings is 2. The Morgan fingerprint density at radius 2 is 1.69 bits per heavy atom. The first-order valence-corrected chi connectivity index (χ1v) is 12.2. The summed E-state index contributed by atoms with van der Waals surface area (Å²) in [7, 11) is 6.19. The summed E-state index contributed by atoms with van der Waals surface area (Å²) >= 11 is 0. The molecule has 0 unspecified atom stereocenters. The minimum absolute atomic E-state index is 0.0322. The van der Waals surface area contributed by atoms with Crippen LogP contribution >= 0.6 is 0 Å². The van der Waals surface area contributed by atoms with Gasteiger partial charge in [0.25, 0.3) is 0 Å². The van der Waals surface area contributed by atoms with Gasteiger partial charge >= 0.3 is 0 Å². The predicted octanol–water partition coefficient (Wildman–Crippen LogP) is 3.50. The fraction of sp³-hybridized carbons (Fsp3) is 0.481. The van der Waals surface area contributed by atoms with Crippen molar-refractivity contribution in [1.29, 1.82) is 0 Å². The maximum absolute atomic E-state index is 13.5. The molecular weight excluding hydrogens is 464 g/mol. The van der Waals surface area contributed by atoms with E-state index in [-0.39, 0.29) is 24.3 Å². The van der Waals surface area contributed by atoms with Crippen molar-refractivity contribution in [3.05, 3.63) is 42.0 Å². The molecule has 0 aliphatic carbocycles. The fourth-order valence-corrected chi connectivity index (χ4v) is 5.01. The molecule has 2 aliphatic heterocycles. The van der Waals surface area contributed by atoms with E-state index in [1.54, 1.807) is 24.1 Å². The number of nitrogens with zero attached hydrogens (tertiary/aromatic N) is 1. The van der Waals surface area contributed by atoms with Crippen LogP contribution in [0.4, 0.5) is 5.69 Å². The lowest BCUT2D eigenvalue weighted by atomic mass is 9.83. The molecule has 36 heavy (non-hydrogen) atoms. The van der Waals surface area contributed by atoms with Crippen molar-refractivity contribution < 1.29 is 33.3 Å². The molecule has 2 heterocycles. The number of methoxy groups -OCH3 is 4. The molecule has 0 bridgehead atoms. The van der Waals surface area contributed by atoms with Gasteiger partial charge in [-0.05, 0) is 37.0 Å². The van der Waals surface area contributed by atoms with Gasteiger partial charge < -0.3 is 33.9 Å². The highest BCUT2D eigenvalue weighted by Crippen LogP contribution is 2.46. The largest absolute Gasteiger partial charge is 0.497 e. The van der Waals surface area contributed by atoms with Crippen LogP contribution in [-0.2, 0) is 14.3 Å². The minimum atomic E-state index is -0.538. The van der Waals surface area contributed by atoms with Crippen molar-refractivity contribution in [3.8, 4) is 23.0 Å². The third kappa shape index (κ3) is 5.21. The van der Waals surface area contributed by atoms with E-state index in [9.17, 15) is 9.59 Å². The summed E-state index contributed by atoms with van der Waals surface area (Å²) in [5.41, 5.74) is 1.39. The summed E-state index contributed by atoms with van der Waals surface area (Å²) in [6.07, 6.45) is 2.64. The normalized spacial score (nSPS) is 21.7. The van der Waals surface area contributed by atoms with E-state index in [1.807, 2.05) is 24.3 Å². The number of rotatable bonds is 9. The van der Waals surface area contributed by atoms with Gasteiger partial charge in [0.15, 0.2) is 11.5 Å². The van der Waals surface area contributed by atoms with Crippen LogP contribution in [0, 0.1) is 5.92 Å². The Bertz CT molecular complexity index is 1040. The number of hydrogen-bond donors (Lipinski definition) is 1. The van der Waals surface area contributed by atoms with Crippen LogP contribution < -0.4 is 29.2 Å². The quantitative estimate of drug-likeness (QED) is 0.565. The van der Waals surface area contributed by atoms with E-state index in [2.05, 4.69) is 5.32 Å². The van der Waals surface area contributed by atoms with E-state index in [1.165, 1.54) is 21.3 Å². The second-order valence-electron chi connectivity index (χ2n) is 8.89. The lowest BCUT2D eigenvalue weighted by molar-refractivity contribution is -0.129. The third-order valence-electron chi connectivity index (χ3n) is 6.85. The molecule has 2 aromatic rings. The number of carbonyl (C=O) groups is 2. The Balaban J connectivity index is 1.74. The Morgan fingerprint density at radius 1 is 1.00 bits per heavy atom. The van der Waals surface area contributed by atoms with Crippen LogP contribution in [0.25, 0.3) is 0 Å². The second-order valence-corrected chi connectivity index (χ2v) is 8.89. The maximum atomic E-state index is 13.5. The van der Waals surface area contributed by atoms with Crippen molar-refractivity contribution >= 4 is 17.5 Å². The van der Waals surface area contributed by atoms with E-state index >= 15 is 0 Å². The van der Waals surface area contributed by atoms with E-state index in [4.69, 9.17) is 23.7 Å². The smallest absolute Gasteiger partial charge is 0.227 e. The Hall–Kier alpha value is -3.46. The van der Waals surface area contributed by atoms with Gasteiger partial charge in [0.05, 0.1) is 52.2 Å². The van der Waals surface area contributed by atoms with Gasteiger partial charge in [-0.2, -0.15) is 0 Å². The molecule has 2 saturated heterocycles.